The van der Waals surface area contributed by atoms with Crippen LogP contribution < -0.4 is 10.1 Å². The molecule has 2 aromatic rings. The van der Waals surface area contributed by atoms with Crippen molar-refractivity contribution in [3.05, 3.63) is 54.1 Å². The fourth-order valence-electron chi connectivity index (χ4n) is 2.26. The third-order valence-corrected chi connectivity index (χ3v) is 3.40. The summed E-state index contributed by atoms with van der Waals surface area (Å²) in [5.74, 6) is 0.101. The lowest BCUT2D eigenvalue weighted by Gasteiger charge is -2.14. The van der Waals surface area contributed by atoms with Gasteiger partial charge >= 0.3 is 5.97 Å². The quantitative estimate of drug-likeness (QED) is 0.675. The van der Waals surface area contributed by atoms with Gasteiger partial charge in [-0.25, -0.2) is 4.79 Å². The summed E-state index contributed by atoms with van der Waals surface area (Å²) >= 11 is 0. The number of esters is 1. The van der Waals surface area contributed by atoms with Crippen LogP contribution in [0.1, 0.15) is 12.5 Å². The number of rotatable bonds is 5. The first kappa shape index (κ1) is 17.3. The molecule has 0 saturated carbocycles. The smallest absolute Gasteiger partial charge is 0.330 e. The number of hydrogen-bond donors (Lipinski definition) is 1. The lowest BCUT2D eigenvalue weighted by Crippen LogP contribution is -2.08. The first-order valence-electron chi connectivity index (χ1n) is 7.36. The van der Waals surface area contributed by atoms with Crippen molar-refractivity contribution >= 4 is 23.6 Å². The van der Waals surface area contributed by atoms with Crippen LogP contribution in [-0.2, 0) is 14.3 Å². The number of carbonyl (C=O) groups excluding carboxylic acids is 2. The minimum absolute atomic E-state index is 0.191. The Balaban J connectivity index is 2.51. The molecule has 5 heteroatoms. The number of ether oxygens (including phenoxy) is 2. The Morgan fingerprint density at radius 1 is 1.04 bits per heavy atom. The molecule has 24 heavy (non-hydrogen) atoms. The van der Waals surface area contributed by atoms with Crippen LogP contribution in [0.5, 0.6) is 5.75 Å². The van der Waals surface area contributed by atoms with Gasteiger partial charge in [0.05, 0.1) is 19.9 Å². The fraction of sp³-hybridized carbons (Fsp3) is 0.158. The van der Waals surface area contributed by atoms with Gasteiger partial charge in [-0.3, -0.25) is 4.79 Å². The van der Waals surface area contributed by atoms with Crippen molar-refractivity contribution in [2.75, 3.05) is 19.5 Å². The Bertz CT molecular complexity index is 763. The van der Waals surface area contributed by atoms with Gasteiger partial charge in [0.2, 0.25) is 5.91 Å². The zero-order valence-electron chi connectivity index (χ0n) is 13.8. The molecule has 5 nitrogen and oxygen atoms in total. The van der Waals surface area contributed by atoms with Crippen LogP contribution in [0.4, 0.5) is 5.69 Å². The number of para-hydroxylation sites is 1. The summed E-state index contributed by atoms with van der Waals surface area (Å²) in [7, 11) is 2.92. The Morgan fingerprint density at radius 3 is 2.33 bits per heavy atom. The van der Waals surface area contributed by atoms with Gasteiger partial charge in [0, 0.05) is 18.6 Å². The van der Waals surface area contributed by atoms with E-state index in [1.807, 2.05) is 42.5 Å². The van der Waals surface area contributed by atoms with Crippen molar-refractivity contribution in [3.63, 3.8) is 0 Å². The van der Waals surface area contributed by atoms with E-state index in [1.54, 1.807) is 13.2 Å². The van der Waals surface area contributed by atoms with Gasteiger partial charge in [-0.05, 0) is 29.3 Å². The van der Waals surface area contributed by atoms with E-state index in [0.29, 0.717) is 11.3 Å². The van der Waals surface area contributed by atoms with Gasteiger partial charge in [0.25, 0.3) is 0 Å². The van der Waals surface area contributed by atoms with Gasteiger partial charge in [0.15, 0.2) is 0 Å². The maximum Gasteiger partial charge on any atom is 0.330 e. The minimum atomic E-state index is -0.460. The summed E-state index contributed by atoms with van der Waals surface area (Å²) in [4.78, 5) is 22.9. The molecule has 0 radical (unpaired) electrons. The number of carbonyl (C=O) groups is 2. The highest BCUT2D eigenvalue weighted by molar-refractivity contribution is 5.98. The first-order valence-corrected chi connectivity index (χ1v) is 7.36. The number of nitrogens with one attached hydrogen (secondary N) is 1. The Labute approximate surface area is 140 Å². The van der Waals surface area contributed by atoms with Gasteiger partial charge in [-0.1, -0.05) is 30.3 Å². The van der Waals surface area contributed by atoms with E-state index in [1.165, 1.54) is 20.1 Å². The van der Waals surface area contributed by atoms with Crippen molar-refractivity contribution < 1.29 is 19.1 Å². The van der Waals surface area contributed by atoms with E-state index in [4.69, 9.17) is 4.74 Å². The number of benzene rings is 2. The molecule has 0 aliphatic rings. The van der Waals surface area contributed by atoms with Crippen LogP contribution in [0.25, 0.3) is 17.2 Å². The van der Waals surface area contributed by atoms with E-state index >= 15 is 0 Å². The van der Waals surface area contributed by atoms with Crippen molar-refractivity contribution in [3.8, 4) is 16.9 Å². The summed E-state index contributed by atoms with van der Waals surface area (Å²) in [5, 5.41) is 2.84. The number of amides is 1. The van der Waals surface area contributed by atoms with E-state index in [-0.39, 0.29) is 5.91 Å². The second kappa shape index (κ2) is 7.97. The predicted octanol–water partition coefficient (Wildman–Crippen LogP) is 3.51. The maximum atomic E-state index is 11.6. The van der Waals surface area contributed by atoms with Crippen LogP contribution >= 0.6 is 0 Å². The molecule has 2 aromatic carbocycles. The third kappa shape index (κ3) is 4.23. The lowest BCUT2D eigenvalue weighted by molar-refractivity contribution is -0.134. The van der Waals surface area contributed by atoms with Crippen molar-refractivity contribution in [2.45, 2.75) is 6.92 Å². The standard InChI is InChI=1S/C19H19NO4/c1-13(21)20-19-15(9-12-18(22)24-3)5-4-6-17(19)14-7-10-16(23-2)11-8-14/h4-12H,1-3H3,(H,20,21)/b12-9+. The van der Waals surface area contributed by atoms with Crippen molar-refractivity contribution in [2.24, 2.45) is 0 Å². The normalized spacial score (nSPS) is 10.5. The fourth-order valence-corrected chi connectivity index (χ4v) is 2.26. The molecule has 2 rings (SSSR count). The molecule has 0 unspecified atom stereocenters. The molecular weight excluding hydrogens is 306 g/mol. The Morgan fingerprint density at radius 2 is 1.75 bits per heavy atom. The molecule has 0 fully saturated rings. The lowest BCUT2D eigenvalue weighted by atomic mass is 9.99. The topological polar surface area (TPSA) is 64.6 Å². The molecule has 0 aliphatic carbocycles. The van der Waals surface area contributed by atoms with Crippen LogP contribution in [0.2, 0.25) is 0 Å². The van der Waals surface area contributed by atoms with E-state index in [2.05, 4.69) is 10.1 Å². The second-order valence-corrected chi connectivity index (χ2v) is 5.04. The van der Waals surface area contributed by atoms with E-state index in [9.17, 15) is 9.59 Å². The summed E-state index contributed by atoms with van der Waals surface area (Å²) in [6, 6.07) is 13.1. The second-order valence-electron chi connectivity index (χ2n) is 5.04. The highest BCUT2D eigenvalue weighted by Crippen LogP contribution is 2.33. The molecule has 0 aromatic heterocycles. The average molecular weight is 325 g/mol. The molecule has 0 atom stereocenters. The summed E-state index contributed by atoms with van der Waals surface area (Å²) in [6.07, 6.45) is 2.93. The molecule has 0 aliphatic heterocycles. The van der Waals surface area contributed by atoms with E-state index < -0.39 is 5.97 Å². The van der Waals surface area contributed by atoms with Crippen molar-refractivity contribution in [1.29, 1.82) is 0 Å². The molecule has 0 spiro atoms. The summed E-state index contributed by atoms with van der Waals surface area (Å²) in [6.45, 7) is 1.44. The van der Waals surface area contributed by atoms with E-state index in [0.717, 1.165) is 16.9 Å². The first-order chi connectivity index (χ1) is 11.5. The van der Waals surface area contributed by atoms with Crippen LogP contribution in [-0.4, -0.2) is 26.1 Å². The molecule has 1 N–H and O–H groups in total. The van der Waals surface area contributed by atoms with Gasteiger partial charge in [-0.15, -0.1) is 0 Å². The zero-order chi connectivity index (χ0) is 17.5. The number of anilines is 1. The monoisotopic (exact) mass is 325 g/mol. The molecule has 0 bridgehead atoms. The molecule has 124 valence electrons. The summed E-state index contributed by atoms with van der Waals surface area (Å²) < 4.78 is 9.77. The van der Waals surface area contributed by atoms with Gasteiger partial charge in [0.1, 0.15) is 5.75 Å². The SMILES string of the molecule is COC(=O)/C=C/c1cccc(-c2ccc(OC)cc2)c1NC(C)=O. The molecule has 1 amide bonds. The predicted molar refractivity (Wildman–Crippen MR) is 93.8 cm³/mol. The van der Waals surface area contributed by atoms with Crippen LogP contribution in [0.3, 0.4) is 0 Å². The highest BCUT2D eigenvalue weighted by atomic mass is 16.5. The minimum Gasteiger partial charge on any atom is -0.497 e. The number of hydrogen-bond acceptors (Lipinski definition) is 4. The van der Waals surface area contributed by atoms with Crippen LogP contribution in [0.15, 0.2) is 48.5 Å². The van der Waals surface area contributed by atoms with Gasteiger partial charge < -0.3 is 14.8 Å². The third-order valence-electron chi connectivity index (χ3n) is 3.40. The summed E-state index contributed by atoms with van der Waals surface area (Å²) in [5.41, 5.74) is 3.12. The van der Waals surface area contributed by atoms with Crippen molar-refractivity contribution in [1.82, 2.24) is 0 Å². The number of methoxy groups -OCH3 is 2. The zero-order valence-corrected chi connectivity index (χ0v) is 13.8. The van der Waals surface area contributed by atoms with Gasteiger partial charge in [-0.2, -0.15) is 0 Å². The Hall–Kier alpha value is -3.08. The molecule has 0 saturated heterocycles. The maximum absolute atomic E-state index is 11.6. The average Bonchev–Trinajstić information content (AvgIpc) is 2.60. The largest absolute Gasteiger partial charge is 0.497 e. The highest BCUT2D eigenvalue weighted by Gasteiger charge is 2.10. The Kier molecular flexibility index (Phi) is 5.73. The molecule has 0 heterocycles. The van der Waals surface area contributed by atoms with Crippen LogP contribution in [0, 0.1) is 0 Å². The molecular formula is C19H19NO4.